The van der Waals surface area contributed by atoms with Gasteiger partial charge < -0.3 is 10.4 Å². The van der Waals surface area contributed by atoms with Gasteiger partial charge in [-0.1, -0.05) is 24.3 Å². The fourth-order valence-electron chi connectivity index (χ4n) is 2.61. The first-order valence-electron chi connectivity index (χ1n) is 7.35. The van der Waals surface area contributed by atoms with Gasteiger partial charge in [-0.3, -0.25) is 9.69 Å². The molecule has 0 saturated carbocycles. The number of hydrogen-bond acceptors (Lipinski definition) is 5. The van der Waals surface area contributed by atoms with Crippen molar-refractivity contribution in [3.8, 4) is 0 Å². The third kappa shape index (κ3) is 3.94. The van der Waals surface area contributed by atoms with E-state index < -0.39 is 5.97 Å². The Balaban J connectivity index is 1.41. The molecule has 2 aromatic rings. The number of rotatable bonds is 6. The van der Waals surface area contributed by atoms with Gasteiger partial charge >= 0.3 is 5.97 Å². The summed E-state index contributed by atoms with van der Waals surface area (Å²) in [6.07, 6.45) is 0.546. The topological polar surface area (TPSA) is 82.5 Å². The first-order chi connectivity index (χ1) is 11.1. The summed E-state index contributed by atoms with van der Waals surface area (Å²) in [7, 11) is 0. The molecule has 1 aromatic heterocycles. The first kappa shape index (κ1) is 15.6. The molecule has 0 fully saturated rings. The van der Waals surface area contributed by atoms with Crippen LogP contribution in [0.4, 0.5) is 0 Å². The van der Waals surface area contributed by atoms with Gasteiger partial charge in [-0.15, -0.1) is 11.3 Å². The lowest BCUT2D eigenvalue weighted by Crippen LogP contribution is -2.35. The van der Waals surface area contributed by atoms with Crippen LogP contribution in [0.25, 0.3) is 0 Å². The van der Waals surface area contributed by atoms with Crippen molar-refractivity contribution in [1.29, 1.82) is 0 Å². The quantitative estimate of drug-likeness (QED) is 0.838. The predicted octanol–water partition coefficient (Wildman–Crippen LogP) is 1.52. The summed E-state index contributed by atoms with van der Waals surface area (Å²) in [6, 6.07) is 8.22. The van der Waals surface area contributed by atoms with Crippen LogP contribution in [0, 0.1) is 0 Å². The molecule has 23 heavy (non-hydrogen) atoms. The van der Waals surface area contributed by atoms with Crippen LogP contribution in [-0.2, 0) is 24.3 Å². The zero-order valence-electron chi connectivity index (χ0n) is 12.5. The monoisotopic (exact) mass is 331 g/mol. The summed E-state index contributed by atoms with van der Waals surface area (Å²) in [5.74, 6) is -1.04. The molecule has 0 unspecified atom stereocenters. The zero-order valence-corrected chi connectivity index (χ0v) is 13.3. The van der Waals surface area contributed by atoms with E-state index in [0.717, 1.165) is 18.1 Å². The summed E-state index contributed by atoms with van der Waals surface area (Å²) in [6.45, 7) is 2.44. The molecule has 1 aliphatic rings. The Kier molecular flexibility index (Phi) is 4.68. The molecule has 7 heteroatoms. The number of aromatic carboxylic acids is 1. The van der Waals surface area contributed by atoms with Crippen molar-refractivity contribution >= 4 is 23.2 Å². The number of hydrogen-bond donors (Lipinski definition) is 2. The second-order valence-corrected chi connectivity index (χ2v) is 6.39. The molecular formula is C16H17N3O3S. The fourth-order valence-corrected chi connectivity index (χ4v) is 3.38. The van der Waals surface area contributed by atoms with Gasteiger partial charge in [0, 0.05) is 31.4 Å². The van der Waals surface area contributed by atoms with Gasteiger partial charge in [0.25, 0.3) is 0 Å². The van der Waals surface area contributed by atoms with E-state index in [1.807, 2.05) is 12.1 Å². The number of fused-ring (bicyclic) bond motifs is 1. The smallest absolute Gasteiger partial charge is 0.355 e. The van der Waals surface area contributed by atoms with E-state index in [1.165, 1.54) is 27.8 Å². The minimum Gasteiger partial charge on any atom is -0.476 e. The molecule has 120 valence electrons. The van der Waals surface area contributed by atoms with E-state index >= 15 is 0 Å². The number of benzene rings is 1. The minimum atomic E-state index is -1.02. The molecule has 1 aliphatic heterocycles. The standard InChI is InChI=1S/C16H17N3O3S/c20-14(9-19-7-11-3-1-2-4-12(11)8-19)17-6-5-15-18-13(10-23-15)16(21)22/h1-4,10H,5-9H2,(H,17,20)(H,21,22). The number of carbonyl (C=O) groups is 2. The largest absolute Gasteiger partial charge is 0.476 e. The van der Waals surface area contributed by atoms with Crippen molar-refractivity contribution in [2.45, 2.75) is 19.5 Å². The minimum absolute atomic E-state index is 0.0205. The molecule has 1 aromatic carbocycles. The SMILES string of the molecule is O=C(CN1Cc2ccccc2C1)NCCc1nc(C(=O)O)cs1. The molecule has 0 bridgehead atoms. The van der Waals surface area contributed by atoms with E-state index in [-0.39, 0.29) is 11.6 Å². The summed E-state index contributed by atoms with van der Waals surface area (Å²) in [4.78, 5) is 28.8. The Bertz CT molecular complexity index is 704. The molecule has 0 aliphatic carbocycles. The van der Waals surface area contributed by atoms with Crippen LogP contribution < -0.4 is 5.32 Å². The number of aromatic nitrogens is 1. The summed E-state index contributed by atoms with van der Waals surface area (Å²) in [5, 5.41) is 13.9. The maximum atomic E-state index is 12.0. The number of carboxylic acid groups (broad SMARTS) is 1. The maximum Gasteiger partial charge on any atom is 0.355 e. The highest BCUT2D eigenvalue weighted by atomic mass is 32.1. The lowest BCUT2D eigenvalue weighted by Gasteiger charge is -2.14. The van der Waals surface area contributed by atoms with Gasteiger partial charge in [-0.25, -0.2) is 9.78 Å². The number of carboxylic acids is 1. The molecule has 6 nitrogen and oxygen atoms in total. The second kappa shape index (κ2) is 6.89. The lowest BCUT2D eigenvalue weighted by atomic mass is 10.1. The summed E-state index contributed by atoms with van der Waals surface area (Å²) < 4.78 is 0. The predicted molar refractivity (Wildman–Crippen MR) is 86.3 cm³/mol. The Morgan fingerprint density at radius 2 is 1.96 bits per heavy atom. The molecule has 0 spiro atoms. The van der Waals surface area contributed by atoms with Crippen molar-refractivity contribution in [3.63, 3.8) is 0 Å². The molecule has 0 saturated heterocycles. The van der Waals surface area contributed by atoms with Crippen LogP contribution in [-0.4, -0.2) is 40.0 Å². The average molecular weight is 331 g/mol. The summed E-state index contributed by atoms with van der Waals surface area (Å²) in [5.41, 5.74) is 2.62. The Morgan fingerprint density at radius 1 is 1.26 bits per heavy atom. The van der Waals surface area contributed by atoms with E-state index in [0.29, 0.717) is 19.5 Å². The number of amides is 1. The Morgan fingerprint density at radius 3 is 2.57 bits per heavy atom. The average Bonchev–Trinajstić information content (AvgIpc) is 3.13. The normalized spacial score (nSPS) is 13.7. The van der Waals surface area contributed by atoms with Crippen LogP contribution in [0.2, 0.25) is 0 Å². The highest BCUT2D eigenvalue weighted by Gasteiger charge is 2.20. The maximum absolute atomic E-state index is 12.0. The van der Waals surface area contributed by atoms with Crippen LogP contribution in [0.1, 0.15) is 26.6 Å². The third-order valence-corrected chi connectivity index (χ3v) is 4.61. The first-order valence-corrected chi connectivity index (χ1v) is 8.23. The van der Waals surface area contributed by atoms with Crippen LogP contribution in [0.5, 0.6) is 0 Å². The fraction of sp³-hybridized carbons (Fsp3) is 0.312. The lowest BCUT2D eigenvalue weighted by molar-refractivity contribution is -0.122. The van der Waals surface area contributed by atoms with E-state index in [2.05, 4.69) is 27.3 Å². The number of thiazole rings is 1. The third-order valence-electron chi connectivity index (χ3n) is 3.71. The Labute approximate surface area is 137 Å². The molecule has 1 amide bonds. The van der Waals surface area contributed by atoms with Crippen LogP contribution in [0.15, 0.2) is 29.6 Å². The van der Waals surface area contributed by atoms with Crippen molar-refractivity contribution in [2.24, 2.45) is 0 Å². The van der Waals surface area contributed by atoms with Gasteiger partial charge in [0.15, 0.2) is 5.69 Å². The molecule has 2 N–H and O–H groups in total. The Hall–Kier alpha value is -2.25. The molecule has 0 atom stereocenters. The molecule has 2 heterocycles. The summed E-state index contributed by atoms with van der Waals surface area (Å²) >= 11 is 1.30. The van der Waals surface area contributed by atoms with Gasteiger partial charge in [0.2, 0.25) is 5.91 Å². The van der Waals surface area contributed by atoms with Crippen molar-refractivity contribution in [2.75, 3.05) is 13.1 Å². The molecular weight excluding hydrogens is 314 g/mol. The van der Waals surface area contributed by atoms with Crippen molar-refractivity contribution in [3.05, 3.63) is 51.5 Å². The second-order valence-electron chi connectivity index (χ2n) is 5.45. The highest BCUT2D eigenvalue weighted by Crippen LogP contribution is 2.21. The van der Waals surface area contributed by atoms with Gasteiger partial charge in [-0.2, -0.15) is 0 Å². The van der Waals surface area contributed by atoms with E-state index in [4.69, 9.17) is 5.11 Å². The van der Waals surface area contributed by atoms with Gasteiger partial charge in [0.1, 0.15) is 0 Å². The van der Waals surface area contributed by atoms with Crippen LogP contribution in [0.3, 0.4) is 0 Å². The number of nitrogens with one attached hydrogen (secondary N) is 1. The van der Waals surface area contributed by atoms with E-state index in [1.54, 1.807) is 0 Å². The van der Waals surface area contributed by atoms with Crippen LogP contribution >= 0.6 is 11.3 Å². The number of nitrogens with zero attached hydrogens (tertiary/aromatic N) is 2. The van der Waals surface area contributed by atoms with Crippen molar-refractivity contribution in [1.82, 2.24) is 15.2 Å². The van der Waals surface area contributed by atoms with Gasteiger partial charge in [0.05, 0.1) is 11.6 Å². The van der Waals surface area contributed by atoms with Crippen molar-refractivity contribution < 1.29 is 14.7 Å². The van der Waals surface area contributed by atoms with E-state index in [9.17, 15) is 9.59 Å². The highest BCUT2D eigenvalue weighted by molar-refractivity contribution is 7.09. The molecule has 3 rings (SSSR count). The van der Waals surface area contributed by atoms with Gasteiger partial charge in [-0.05, 0) is 11.1 Å². The zero-order chi connectivity index (χ0) is 16.2. The molecule has 0 radical (unpaired) electrons. The number of carbonyl (C=O) groups excluding carboxylic acids is 1.